The maximum absolute atomic E-state index is 6.82. The summed E-state index contributed by atoms with van der Waals surface area (Å²) in [5, 5.41) is 8.64. The van der Waals surface area contributed by atoms with Gasteiger partial charge >= 0.3 is 0 Å². The molecule has 0 fully saturated rings. The summed E-state index contributed by atoms with van der Waals surface area (Å²) in [7, 11) is 0. The lowest BCUT2D eigenvalue weighted by Crippen LogP contribution is -2.24. The highest BCUT2D eigenvalue weighted by Gasteiger charge is 2.37. The summed E-state index contributed by atoms with van der Waals surface area (Å²) in [6.07, 6.45) is 0.874. The third-order valence-corrected chi connectivity index (χ3v) is 12.8. The number of nitrogens with zero attached hydrogens (tertiary/aromatic N) is 2. The van der Waals surface area contributed by atoms with Gasteiger partial charge in [-0.05, 0) is 59.8 Å². The molecule has 1 aliphatic heterocycles. The molecule has 0 spiro atoms. The predicted octanol–water partition coefficient (Wildman–Crippen LogP) is 12.8. The van der Waals surface area contributed by atoms with Gasteiger partial charge in [-0.15, -0.1) is 22.7 Å². The van der Waals surface area contributed by atoms with Crippen LogP contribution in [0.15, 0.2) is 137 Å². The van der Waals surface area contributed by atoms with Crippen LogP contribution < -0.4 is 0 Å². The number of thiophene rings is 2. The lowest BCUT2D eigenvalue weighted by Gasteiger charge is -2.32. The third-order valence-electron chi connectivity index (χ3n) is 10.4. The summed E-state index contributed by atoms with van der Waals surface area (Å²) >= 11 is 3.71. The van der Waals surface area contributed by atoms with Crippen LogP contribution in [0.4, 0.5) is 0 Å². The molecule has 11 rings (SSSR count). The van der Waals surface area contributed by atoms with Gasteiger partial charge in [-0.1, -0.05) is 91.9 Å². The van der Waals surface area contributed by atoms with Crippen molar-refractivity contribution in [3.8, 4) is 0 Å². The van der Waals surface area contributed by atoms with Crippen molar-refractivity contribution in [3.05, 3.63) is 143 Å². The zero-order chi connectivity index (χ0) is 31.5. The number of aromatic nitrogens is 1. The minimum absolute atomic E-state index is 0.110. The Morgan fingerprint density at radius 2 is 1.27 bits per heavy atom. The highest BCUT2D eigenvalue weighted by Crippen LogP contribution is 2.51. The lowest BCUT2D eigenvalue weighted by atomic mass is 9.85. The molecule has 0 bridgehead atoms. The molecule has 1 aliphatic rings. The largest absolute Gasteiger partial charge is 0.455 e. The molecule has 0 radical (unpaired) electrons. The van der Waals surface area contributed by atoms with E-state index in [1.54, 1.807) is 0 Å². The molecule has 0 saturated carbocycles. The molecule has 2 atom stereocenters. The second kappa shape index (κ2) is 9.89. The van der Waals surface area contributed by atoms with E-state index in [9.17, 15) is 0 Å². The lowest BCUT2D eigenvalue weighted by molar-refractivity contribution is 0.434. The van der Waals surface area contributed by atoms with Crippen molar-refractivity contribution in [2.45, 2.75) is 25.4 Å². The van der Waals surface area contributed by atoms with E-state index in [0.717, 1.165) is 39.6 Å². The second-order valence-corrected chi connectivity index (χ2v) is 15.0. The van der Waals surface area contributed by atoms with Gasteiger partial charge in [0.2, 0.25) is 0 Å². The second-order valence-electron chi connectivity index (χ2n) is 12.8. The summed E-state index contributed by atoms with van der Waals surface area (Å²) < 4.78 is 13.2. The van der Waals surface area contributed by atoms with Gasteiger partial charge in [-0.3, -0.25) is 4.99 Å². The average molecular weight is 653 g/mol. The first-order valence-electron chi connectivity index (χ1n) is 16.6. The van der Waals surface area contributed by atoms with Crippen molar-refractivity contribution in [1.29, 1.82) is 0 Å². The molecular weight excluding hydrogens is 625 g/mol. The number of benzene rings is 6. The minimum atomic E-state index is -0.110. The van der Waals surface area contributed by atoms with Crippen molar-refractivity contribution in [3.63, 3.8) is 0 Å². The maximum atomic E-state index is 6.82. The first kappa shape index (κ1) is 26.8. The first-order valence-corrected chi connectivity index (χ1v) is 18.2. The number of rotatable bonds is 3. The van der Waals surface area contributed by atoms with Crippen LogP contribution in [0.25, 0.3) is 74.0 Å². The molecular formula is C43H28N2OS2. The van der Waals surface area contributed by atoms with Crippen molar-refractivity contribution in [2.75, 3.05) is 0 Å². The van der Waals surface area contributed by atoms with Crippen molar-refractivity contribution >= 4 is 102 Å². The number of fused-ring (bicyclic) bond motifs is 13. The van der Waals surface area contributed by atoms with E-state index < -0.39 is 0 Å². The van der Waals surface area contributed by atoms with Crippen molar-refractivity contribution in [2.24, 2.45) is 4.99 Å². The van der Waals surface area contributed by atoms with E-state index in [1.807, 2.05) is 22.7 Å². The molecule has 0 aliphatic carbocycles. The Morgan fingerprint density at radius 1 is 0.604 bits per heavy atom. The van der Waals surface area contributed by atoms with Gasteiger partial charge in [0.05, 0.1) is 21.6 Å². The Hall–Kier alpha value is -5.23. The Morgan fingerprint density at radius 3 is 2.02 bits per heavy atom. The normalized spacial score (nSPS) is 16.6. The van der Waals surface area contributed by atoms with Gasteiger partial charge in [-0.25, -0.2) is 0 Å². The van der Waals surface area contributed by atoms with Crippen LogP contribution in [0, 0.1) is 0 Å². The Kier molecular flexibility index (Phi) is 5.52. The van der Waals surface area contributed by atoms with Crippen molar-refractivity contribution in [1.82, 2.24) is 4.57 Å². The van der Waals surface area contributed by atoms with E-state index in [4.69, 9.17) is 9.41 Å². The van der Waals surface area contributed by atoms with E-state index >= 15 is 0 Å². The fourth-order valence-electron chi connectivity index (χ4n) is 8.41. The molecule has 4 aromatic heterocycles. The smallest absolute Gasteiger partial charge is 0.144 e. The van der Waals surface area contributed by atoms with Crippen LogP contribution in [0.3, 0.4) is 0 Å². The molecule has 1 unspecified atom stereocenters. The van der Waals surface area contributed by atoms with E-state index in [0.29, 0.717) is 0 Å². The highest BCUT2D eigenvalue weighted by atomic mass is 32.1. The van der Waals surface area contributed by atoms with Crippen LogP contribution >= 0.6 is 22.7 Å². The molecule has 5 heterocycles. The highest BCUT2D eigenvalue weighted by molar-refractivity contribution is 7.26. The average Bonchev–Trinajstić information content (AvgIpc) is 3.89. The topological polar surface area (TPSA) is 30.4 Å². The number of hydrogen-bond donors (Lipinski definition) is 0. The molecule has 10 aromatic rings. The number of hydrogen-bond acceptors (Lipinski definition) is 4. The fourth-order valence-corrected chi connectivity index (χ4v) is 10.8. The van der Waals surface area contributed by atoms with Crippen molar-refractivity contribution < 1.29 is 4.42 Å². The standard InChI is InChI=1S/C43H28N2OS2/c1-2-24-38-27-14-5-10-21-35(27)48-42(38)40(44-43(24)45-31-17-7-3-12-25(31)26-13-4-8-18-32(26)45)29-16-11-19-33-37(29)30-22-23-36-39(41(30)46-33)28-15-6-9-20-34(28)47-36/h3-24,43H,2H2,1H3/t24-,43?/m1/s1. The Bertz CT molecular complexity index is 2920. The number of para-hydroxylation sites is 2. The quantitative estimate of drug-likeness (QED) is 0.187. The Balaban J connectivity index is 1.26. The third kappa shape index (κ3) is 3.50. The van der Waals surface area contributed by atoms with E-state index in [2.05, 4.69) is 139 Å². The summed E-state index contributed by atoms with van der Waals surface area (Å²) in [6.45, 7) is 2.32. The molecule has 0 amide bonds. The summed E-state index contributed by atoms with van der Waals surface area (Å²) in [4.78, 5) is 7.15. The number of aliphatic imine (C=N–C) groups is 1. The monoisotopic (exact) mass is 652 g/mol. The van der Waals surface area contributed by atoms with Crippen LogP contribution in [0.1, 0.15) is 41.4 Å². The molecule has 3 nitrogen and oxygen atoms in total. The molecule has 48 heavy (non-hydrogen) atoms. The predicted molar refractivity (Wildman–Crippen MR) is 206 cm³/mol. The molecule has 5 heteroatoms. The van der Waals surface area contributed by atoms with Crippen LogP contribution in [0.2, 0.25) is 0 Å². The fraction of sp³-hybridized carbons (Fsp3) is 0.0930. The van der Waals surface area contributed by atoms with Gasteiger partial charge in [-0.2, -0.15) is 0 Å². The zero-order valence-corrected chi connectivity index (χ0v) is 27.7. The minimum Gasteiger partial charge on any atom is -0.455 e. The summed E-state index contributed by atoms with van der Waals surface area (Å²) in [5.41, 5.74) is 7.95. The first-order chi connectivity index (χ1) is 23.8. The van der Waals surface area contributed by atoms with Crippen LogP contribution in [0.5, 0.6) is 0 Å². The van der Waals surface area contributed by atoms with Gasteiger partial charge in [0.1, 0.15) is 17.3 Å². The van der Waals surface area contributed by atoms with Crippen LogP contribution in [-0.2, 0) is 0 Å². The van der Waals surface area contributed by atoms with E-state index in [-0.39, 0.29) is 12.1 Å². The SMILES string of the molecule is CC[C@@H]1c2c(sc3ccccc23)C(c2cccc3oc4c(ccc5sc6ccccc6c54)c23)=NC1n1c2ccccc2c2ccccc21. The summed E-state index contributed by atoms with van der Waals surface area (Å²) in [5.74, 6) is 0.219. The molecule has 6 aromatic carbocycles. The Labute approximate surface area is 284 Å². The molecule has 0 saturated heterocycles. The van der Waals surface area contributed by atoms with Crippen LogP contribution in [-0.4, -0.2) is 10.3 Å². The molecule has 0 N–H and O–H groups in total. The van der Waals surface area contributed by atoms with E-state index in [1.165, 1.54) is 62.5 Å². The van der Waals surface area contributed by atoms with Gasteiger partial charge in [0, 0.05) is 57.9 Å². The summed E-state index contributed by atoms with van der Waals surface area (Å²) in [6, 6.07) is 46.3. The number of furan rings is 1. The van der Waals surface area contributed by atoms with Gasteiger partial charge in [0.25, 0.3) is 0 Å². The maximum Gasteiger partial charge on any atom is 0.144 e. The van der Waals surface area contributed by atoms with Gasteiger partial charge in [0.15, 0.2) is 0 Å². The zero-order valence-electron chi connectivity index (χ0n) is 26.1. The van der Waals surface area contributed by atoms with Gasteiger partial charge < -0.3 is 8.98 Å². The molecule has 228 valence electrons.